The fourth-order valence-corrected chi connectivity index (χ4v) is 15.3. The van der Waals surface area contributed by atoms with Crippen LogP contribution in [0, 0.1) is 0 Å². The molecule has 0 spiro atoms. The minimum absolute atomic E-state index is 0.0878. The quantitative estimate of drug-likeness (QED) is 0.0677. The number of esters is 2. The molecular formula is C95H63BN8O4. The van der Waals surface area contributed by atoms with Gasteiger partial charge in [0.2, 0.25) is 0 Å². The fourth-order valence-electron chi connectivity index (χ4n) is 15.3. The molecule has 0 saturated carbocycles. The molecule has 2 aliphatic rings. The molecule has 17 aromatic rings. The number of hydrogen-bond acceptors (Lipinski definition) is 11. The Morgan fingerprint density at radius 1 is 0.306 bits per heavy atom. The molecule has 510 valence electrons. The van der Waals surface area contributed by atoms with Gasteiger partial charge in [0.1, 0.15) is 13.2 Å². The smallest absolute Gasteiger partial charge is 0.338 e. The van der Waals surface area contributed by atoms with Crippen LogP contribution in [0.3, 0.4) is 0 Å². The summed E-state index contributed by atoms with van der Waals surface area (Å²) in [5.74, 6) is 0.968. The van der Waals surface area contributed by atoms with Gasteiger partial charge in [-0.1, -0.05) is 249 Å². The van der Waals surface area contributed by atoms with Crippen molar-refractivity contribution < 1.29 is 19.1 Å². The molecule has 0 bridgehead atoms. The summed E-state index contributed by atoms with van der Waals surface area (Å²) in [5, 5.41) is 1.40. The van der Waals surface area contributed by atoms with Crippen LogP contribution in [0.5, 0.6) is 0 Å². The second-order valence-electron chi connectivity index (χ2n) is 26.9. The number of carbonyl (C=O) groups is 2. The second kappa shape index (κ2) is 27.6. The average Bonchev–Trinajstić information content (AvgIpc) is 0.882. The normalized spacial score (nSPS) is 12.0. The summed E-state index contributed by atoms with van der Waals surface area (Å²) in [6, 6.07) is 121. The summed E-state index contributed by atoms with van der Waals surface area (Å²) < 4.78 is 14.2. The number of hydrogen-bond donors (Lipinski definition) is 0. The number of fused-ring (bicyclic) bond motifs is 7. The lowest BCUT2D eigenvalue weighted by atomic mass is 9.33. The first kappa shape index (κ1) is 64.4. The number of rotatable bonds is 16. The summed E-state index contributed by atoms with van der Waals surface area (Å²) in [7, 11) is 0. The highest BCUT2D eigenvalue weighted by Gasteiger charge is 2.44. The minimum atomic E-state index is -0.493. The molecule has 0 amide bonds. The monoisotopic (exact) mass is 1390 g/mol. The second-order valence-corrected chi connectivity index (χ2v) is 26.9. The summed E-state index contributed by atoms with van der Waals surface area (Å²) in [5.41, 5.74) is 22.9. The predicted octanol–water partition coefficient (Wildman–Crippen LogP) is 20.2. The van der Waals surface area contributed by atoms with Gasteiger partial charge in [0.25, 0.3) is 6.71 Å². The molecule has 2 aliphatic heterocycles. The van der Waals surface area contributed by atoms with E-state index in [9.17, 15) is 9.59 Å². The standard InChI is InChI=1S/C95H63BN8O4/c105-94(107-60-62-27-8-1-9-28-62)70-48-52-82-75(57-70)76-58-71(95(106)108-61-63-29-10-2-11-30-63)49-53-83(76)104(82)84-51-47-69(93-100-90(65-33-14-4-15-34-65)99-91(101-93)66-35-16-5-17-36-66)56-77(84)81-59-80(64-31-12-3-13-32-64)97-92(98-81)68-38-26-37-67(55-68)74-50-54-87-88-89(74)103(73-41-20-7-21-42-73)86-46-25-23-44-79(86)96(88)78-43-22-24-45-85(78)102(87)72-39-18-6-19-40-72/h1-59H,60-61H2. The Hall–Kier alpha value is -14.4. The van der Waals surface area contributed by atoms with Crippen molar-refractivity contribution in [2.75, 3.05) is 9.80 Å². The molecule has 108 heavy (non-hydrogen) atoms. The largest absolute Gasteiger partial charge is 0.457 e. The molecule has 13 heteroatoms. The van der Waals surface area contributed by atoms with Crippen LogP contribution in [-0.4, -0.2) is 48.1 Å². The highest BCUT2D eigenvalue weighted by Crippen LogP contribution is 2.49. The lowest BCUT2D eigenvalue weighted by molar-refractivity contribution is 0.0464. The molecule has 12 nitrogen and oxygen atoms in total. The van der Waals surface area contributed by atoms with E-state index in [2.05, 4.69) is 190 Å². The zero-order chi connectivity index (χ0) is 72.0. The van der Waals surface area contributed by atoms with Crippen molar-refractivity contribution in [1.82, 2.24) is 29.5 Å². The maximum atomic E-state index is 14.3. The van der Waals surface area contributed by atoms with Gasteiger partial charge in [-0.2, -0.15) is 0 Å². The van der Waals surface area contributed by atoms with Crippen molar-refractivity contribution in [1.29, 1.82) is 0 Å². The van der Waals surface area contributed by atoms with Crippen molar-refractivity contribution in [3.05, 3.63) is 380 Å². The summed E-state index contributed by atoms with van der Waals surface area (Å²) >= 11 is 0. The van der Waals surface area contributed by atoms with Gasteiger partial charge in [0.15, 0.2) is 23.3 Å². The zero-order valence-corrected chi connectivity index (χ0v) is 58.3. The predicted molar refractivity (Wildman–Crippen MR) is 433 cm³/mol. The van der Waals surface area contributed by atoms with Crippen molar-refractivity contribution in [2.24, 2.45) is 0 Å². The first-order valence-electron chi connectivity index (χ1n) is 36.0. The van der Waals surface area contributed by atoms with Gasteiger partial charge in [-0.15, -0.1) is 0 Å². The third kappa shape index (κ3) is 11.9. The van der Waals surface area contributed by atoms with Crippen LogP contribution in [0.1, 0.15) is 31.8 Å². The third-order valence-electron chi connectivity index (χ3n) is 20.3. The Bertz CT molecular complexity index is 6130. The summed E-state index contributed by atoms with van der Waals surface area (Å²) in [4.78, 5) is 60.4. The van der Waals surface area contributed by atoms with Crippen molar-refractivity contribution >= 4 is 91.0 Å². The Morgan fingerprint density at radius 2 is 0.731 bits per heavy atom. The first-order valence-corrected chi connectivity index (χ1v) is 36.0. The van der Waals surface area contributed by atoms with Crippen LogP contribution in [0.25, 0.3) is 107 Å². The molecule has 0 N–H and O–H groups in total. The molecule has 19 rings (SSSR count). The van der Waals surface area contributed by atoms with Crippen LogP contribution >= 0.6 is 0 Å². The first-order chi connectivity index (χ1) is 53.4. The van der Waals surface area contributed by atoms with E-state index in [-0.39, 0.29) is 19.9 Å². The van der Waals surface area contributed by atoms with Gasteiger partial charge in [-0.05, 0) is 142 Å². The number of para-hydroxylation sites is 4. The molecule has 3 aromatic heterocycles. The Morgan fingerprint density at radius 3 is 1.29 bits per heavy atom. The molecule has 0 atom stereocenters. The van der Waals surface area contributed by atoms with Gasteiger partial charge in [0.05, 0.1) is 44.9 Å². The van der Waals surface area contributed by atoms with E-state index in [1.54, 1.807) is 12.1 Å². The highest BCUT2D eigenvalue weighted by molar-refractivity contribution is 7.00. The number of anilines is 6. The lowest BCUT2D eigenvalue weighted by Crippen LogP contribution is -2.61. The molecule has 0 unspecified atom stereocenters. The minimum Gasteiger partial charge on any atom is -0.457 e. The fraction of sp³-hybridized carbons (Fsp3) is 0.0211. The van der Waals surface area contributed by atoms with Gasteiger partial charge in [-0.25, -0.2) is 34.5 Å². The van der Waals surface area contributed by atoms with Gasteiger partial charge in [-0.3, -0.25) is 0 Å². The Labute approximate surface area is 623 Å². The maximum absolute atomic E-state index is 14.3. The van der Waals surface area contributed by atoms with E-state index in [1.807, 2.05) is 170 Å². The molecule has 0 radical (unpaired) electrons. The molecule has 0 aliphatic carbocycles. The van der Waals surface area contributed by atoms with Crippen LogP contribution in [0.2, 0.25) is 0 Å². The molecule has 14 aromatic carbocycles. The number of nitrogens with zero attached hydrogens (tertiary/aromatic N) is 8. The van der Waals surface area contributed by atoms with Crippen LogP contribution in [0.4, 0.5) is 34.1 Å². The van der Waals surface area contributed by atoms with Gasteiger partial charge >= 0.3 is 11.9 Å². The van der Waals surface area contributed by atoms with Crippen LogP contribution in [-0.2, 0) is 22.7 Å². The van der Waals surface area contributed by atoms with Gasteiger partial charge < -0.3 is 23.8 Å². The molecule has 5 heterocycles. The number of carbonyl (C=O) groups excluding carboxylic acids is 2. The third-order valence-corrected chi connectivity index (χ3v) is 20.3. The highest BCUT2D eigenvalue weighted by atomic mass is 16.5. The summed E-state index contributed by atoms with van der Waals surface area (Å²) in [6.45, 7) is 0.0763. The van der Waals surface area contributed by atoms with Crippen LogP contribution < -0.4 is 26.2 Å². The SMILES string of the molecule is O=C(OCc1ccccc1)c1ccc2c(c1)c1cc(C(=O)OCc3ccccc3)ccc1n2-c1ccc(-c2nc(-c3ccccc3)nc(-c3ccccc3)n2)cc1-c1cc(-c2ccccc2)nc(-c2cccc(-c3ccc4c5c3N(c3ccccc3)c3ccccc3B5c3ccccc3N4c3ccccc3)c2)n1. The van der Waals surface area contributed by atoms with E-state index >= 15 is 0 Å². The van der Waals surface area contributed by atoms with E-state index < -0.39 is 11.9 Å². The zero-order valence-electron chi connectivity index (χ0n) is 58.3. The van der Waals surface area contributed by atoms with Crippen LogP contribution in [0.15, 0.2) is 358 Å². The van der Waals surface area contributed by atoms with E-state index in [4.69, 9.17) is 34.4 Å². The molecular weight excluding hydrogens is 1330 g/mol. The van der Waals surface area contributed by atoms with E-state index in [1.165, 1.54) is 16.4 Å². The Kier molecular flexibility index (Phi) is 16.5. The average molecular weight is 1390 g/mol. The van der Waals surface area contributed by atoms with E-state index in [0.29, 0.717) is 67.7 Å². The number of ether oxygens (including phenoxy) is 2. The topological polar surface area (TPSA) is 128 Å². The van der Waals surface area contributed by atoms with Crippen molar-refractivity contribution in [3.63, 3.8) is 0 Å². The lowest BCUT2D eigenvalue weighted by Gasteiger charge is -2.45. The molecule has 0 fully saturated rings. The Balaban J connectivity index is 0.830. The number of aromatic nitrogens is 6. The number of benzene rings is 14. The summed E-state index contributed by atoms with van der Waals surface area (Å²) in [6.07, 6.45) is 0. The van der Waals surface area contributed by atoms with Gasteiger partial charge in [0, 0.05) is 78.2 Å². The maximum Gasteiger partial charge on any atom is 0.338 e. The van der Waals surface area contributed by atoms with Crippen molar-refractivity contribution in [2.45, 2.75) is 13.2 Å². The van der Waals surface area contributed by atoms with Crippen molar-refractivity contribution in [3.8, 4) is 84.9 Å². The molecule has 0 saturated heterocycles. The van der Waals surface area contributed by atoms with E-state index in [0.717, 1.165) is 95.4 Å².